The van der Waals surface area contributed by atoms with Crippen LogP contribution < -0.4 is 5.56 Å². The number of esters is 1. The molecule has 2 aromatic rings. The third-order valence-corrected chi connectivity index (χ3v) is 3.81. The Labute approximate surface area is 128 Å². The highest BCUT2D eigenvalue weighted by Crippen LogP contribution is 2.39. The summed E-state index contributed by atoms with van der Waals surface area (Å²) in [5.74, 6) is 0.0668. The number of aryl methyl sites for hydroxylation is 1. The third-order valence-electron chi connectivity index (χ3n) is 3.81. The van der Waals surface area contributed by atoms with Gasteiger partial charge < -0.3 is 4.74 Å². The van der Waals surface area contributed by atoms with Crippen molar-refractivity contribution in [3.05, 3.63) is 33.9 Å². The number of rotatable bonds is 5. The Morgan fingerprint density at radius 3 is 2.77 bits per heavy atom. The molecule has 1 aliphatic rings. The zero-order chi connectivity index (χ0) is 15.7. The van der Waals surface area contributed by atoms with Gasteiger partial charge in [0.25, 0.3) is 5.56 Å². The van der Waals surface area contributed by atoms with E-state index in [-0.39, 0.29) is 18.7 Å². The lowest BCUT2D eigenvalue weighted by atomic mass is 10.1. The molecular weight excluding hydrogens is 282 g/mol. The molecule has 0 N–H and O–H groups in total. The Morgan fingerprint density at radius 1 is 1.36 bits per heavy atom. The molecule has 0 saturated heterocycles. The van der Waals surface area contributed by atoms with Crippen molar-refractivity contribution >= 4 is 16.9 Å². The summed E-state index contributed by atoms with van der Waals surface area (Å²) in [6.07, 6.45) is 2.97. The van der Waals surface area contributed by atoms with E-state index >= 15 is 0 Å². The lowest BCUT2D eigenvalue weighted by molar-refractivity contribution is -0.144. The van der Waals surface area contributed by atoms with E-state index in [1.54, 1.807) is 13.0 Å². The number of nitrogens with zero attached hydrogens (tertiary/aromatic N) is 3. The predicted molar refractivity (Wildman–Crippen MR) is 81.8 cm³/mol. The molecule has 3 rings (SSSR count). The summed E-state index contributed by atoms with van der Waals surface area (Å²) in [6, 6.07) is 3.72. The molecule has 0 aromatic carbocycles. The number of hydrogen-bond donors (Lipinski definition) is 0. The first-order valence-corrected chi connectivity index (χ1v) is 7.70. The van der Waals surface area contributed by atoms with Gasteiger partial charge in [-0.05, 0) is 38.3 Å². The number of carbonyl (C=O) groups excluding carboxylic acids is 1. The van der Waals surface area contributed by atoms with Crippen LogP contribution in [0.5, 0.6) is 0 Å². The van der Waals surface area contributed by atoms with Crippen LogP contribution >= 0.6 is 0 Å². The van der Waals surface area contributed by atoms with Crippen LogP contribution in [0.3, 0.4) is 0 Å². The molecule has 6 heteroatoms. The summed E-state index contributed by atoms with van der Waals surface area (Å²) in [4.78, 5) is 28.7. The number of aromatic nitrogens is 3. The van der Waals surface area contributed by atoms with Crippen LogP contribution in [0.15, 0.2) is 16.9 Å². The van der Waals surface area contributed by atoms with E-state index in [1.165, 1.54) is 4.68 Å². The topological polar surface area (TPSA) is 74.1 Å². The van der Waals surface area contributed by atoms with Gasteiger partial charge in [0.05, 0.1) is 23.2 Å². The van der Waals surface area contributed by atoms with Gasteiger partial charge >= 0.3 is 5.97 Å². The third kappa shape index (κ3) is 2.73. The number of pyridine rings is 1. The summed E-state index contributed by atoms with van der Waals surface area (Å²) >= 11 is 0. The fraction of sp³-hybridized carbons (Fsp3) is 0.500. The Balaban J connectivity index is 2.08. The van der Waals surface area contributed by atoms with Gasteiger partial charge in [-0.2, -0.15) is 5.10 Å². The molecule has 1 saturated carbocycles. The van der Waals surface area contributed by atoms with E-state index in [1.807, 2.05) is 13.0 Å². The smallest absolute Gasteiger partial charge is 0.327 e. The average molecular weight is 301 g/mol. The molecule has 6 nitrogen and oxygen atoms in total. The maximum atomic E-state index is 12.5. The van der Waals surface area contributed by atoms with E-state index < -0.39 is 5.97 Å². The van der Waals surface area contributed by atoms with Crippen molar-refractivity contribution in [3.8, 4) is 0 Å². The normalized spacial score (nSPS) is 14.3. The minimum Gasteiger partial charge on any atom is -0.465 e. The predicted octanol–water partition coefficient (Wildman–Crippen LogP) is 1.79. The molecule has 0 spiro atoms. The summed E-state index contributed by atoms with van der Waals surface area (Å²) in [6.45, 7) is 3.82. The average Bonchev–Trinajstić information content (AvgIpc) is 3.34. The minimum atomic E-state index is -0.457. The van der Waals surface area contributed by atoms with Gasteiger partial charge in [-0.25, -0.2) is 4.68 Å². The summed E-state index contributed by atoms with van der Waals surface area (Å²) in [7, 11) is 0. The Morgan fingerprint density at radius 2 is 2.14 bits per heavy atom. The monoisotopic (exact) mass is 301 g/mol. The quantitative estimate of drug-likeness (QED) is 0.787. The number of fused-ring (bicyclic) bond motifs is 1. The zero-order valence-electron chi connectivity index (χ0n) is 12.8. The lowest BCUT2D eigenvalue weighted by Gasteiger charge is -2.10. The van der Waals surface area contributed by atoms with Crippen LogP contribution in [0.4, 0.5) is 0 Å². The Bertz CT molecular complexity index is 778. The summed E-state index contributed by atoms with van der Waals surface area (Å²) in [5, 5.41) is 4.82. The highest BCUT2D eigenvalue weighted by Gasteiger charge is 2.25. The molecule has 22 heavy (non-hydrogen) atoms. The van der Waals surface area contributed by atoms with Crippen LogP contribution in [0.2, 0.25) is 0 Å². The molecule has 0 atom stereocenters. The van der Waals surface area contributed by atoms with Crippen molar-refractivity contribution in [1.29, 1.82) is 0 Å². The molecule has 0 unspecified atom stereocenters. The van der Waals surface area contributed by atoms with Gasteiger partial charge in [0, 0.05) is 11.6 Å². The molecule has 116 valence electrons. The zero-order valence-corrected chi connectivity index (χ0v) is 12.8. The Kier molecular flexibility index (Phi) is 3.92. The number of ether oxygens (including phenoxy) is 1. The molecule has 2 aromatic heterocycles. The molecule has 2 heterocycles. The van der Waals surface area contributed by atoms with Gasteiger partial charge in [0.1, 0.15) is 6.54 Å². The van der Waals surface area contributed by atoms with Gasteiger partial charge in [-0.3, -0.25) is 14.6 Å². The second-order valence-electron chi connectivity index (χ2n) is 5.47. The molecule has 1 aliphatic carbocycles. The van der Waals surface area contributed by atoms with Crippen molar-refractivity contribution in [2.45, 2.75) is 45.6 Å². The van der Waals surface area contributed by atoms with Crippen molar-refractivity contribution in [1.82, 2.24) is 14.8 Å². The minimum absolute atomic E-state index is 0.167. The first kappa shape index (κ1) is 14.7. The van der Waals surface area contributed by atoms with Crippen LogP contribution in [0.25, 0.3) is 10.9 Å². The molecule has 0 amide bonds. The van der Waals surface area contributed by atoms with Crippen LogP contribution in [-0.2, 0) is 22.5 Å². The SMILES string of the molecule is CCOC(=O)Cn1nc(CC)c2nc(C3CC3)ccc2c1=O. The second kappa shape index (κ2) is 5.87. The van der Waals surface area contributed by atoms with E-state index in [0.29, 0.717) is 23.2 Å². The molecule has 0 aliphatic heterocycles. The summed E-state index contributed by atoms with van der Waals surface area (Å²) < 4.78 is 6.07. The van der Waals surface area contributed by atoms with Crippen molar-refractivity contribution < 1.29 is 9.53 Å². The van der Waals surface area contributed by atoms with E-state index in [4.69, 9.17) is 4.74 Å². The number of carbonyl (C=O) groups is 1. The van der Waals surface area contributed by atoms with Gasteiger partial charge in [-0.1, -0.05) is 6.92 Å². The fourth-order valence-corrected chi connectivity index (χ4v) is 2.53. The van der Waals surface area contributed by atoms with Crippen molar-refractivity contribution in [2.24, 2.45) is 0 Å². The first-order valence-electron chi connectivity index (χ1n) is 7.70. The van der Waals surface area contributed by atoms with E-state index in [0.717, 1.165) is 24.2 Å². The summed E-state index contributed by atoms with van der Waals surface area (Å²) in [5.41, 5.74) is 2.14. The maximum Gasteiger partial charge on any atom is 0.327 e. The molecular formula is C16H19N3O3. The van der Waals surface area contributed by atoms with E-state index in [9.17, 15) is 9.59 Å². The van der Waals surface area contributed by atoms with Gasteiger partial charge in [0.15, 0.2) is 0 Å². The highest BCUT2D eigenvalue weighted by atomic mass is 16.5. The molecule has 0 radical (unpaired) electrons. The maximum absolute atomic E-state index is 12.5. The van der Waals surface area contributed by atoms with Crippen molar-refractivity contribution in [2.75, 3.05) is 6.61 Å². The van der Waals surface area contributed by atoms with Crippen LogP contribution in [0.1, 0.15) is 44.0 Å². The standard InChI is InChI=1S/C16H19N3O3/c1-3-12-15-11(7-8-13(17-15)10-5-6-10)16(21)19(18-12)9-14(20)22-4-2/h7-8,10H,3-6,9H2,1-2H3. The van der Waals surface area contributed by atoms with Gasteiger partial charge in [0.2, 0.25) is 0 Å². The number of hydrogen-bond acceptors (Lipinski definition) is 5. The van der Waals surface area contributed by atoms with Crippen molar-refractivity contribution in [3.63, 3.8) is 0 Å². The second-order valence-corrected chi connectivity index (χ2v) is 5.47. The largest absolute Gasteiger partial charge is 0.465 e. The van der Waals surface area contributed by atoms with Crippen LogP contribution in [-0.4, -0.2) is 27.3 Å². The highest BCUT2D eigenvalue weighted by molar-refractivity contribution is 5.80. The van der Waals surface area contributed by atoms with Crippen LogP contribution in [0, 0.1) is 0 Å². The van der Waals surface area contributed by atoms with Gasteiger partial charge in [-0.15, -0.1) is 0 Å². The molecule has 1 fully saturated rings. The first-order chi connectivity index (χ1) is 10.6. The Hall–Kier alpha value is -2.24. The lowest BCUT2D eigenvalue weighted by Crippen LogP contribution is -2.29. The fourth-order valence-electron chi connectivity index (χ4n) is 2.53. The van der Waals surface area contributed by atoms with E-state index in [2.05, 4.69) is 10.1 Å². The molecule has 0 bridgehead atoms.